The van der Waals surface area contributed by atoms with Gasteiger partial charge in [-0.3, -0.25) is 19.5 Å². The van der Waals surface area contributed by atoms with Gasteiger partial charge in [0.25, 0.3) is 5.91 Å². The number of amides is 3. The first-order valence-electron chi connectivity index (χ1n) is 15.6. The fraction of sp³-hybridized carbons (Fsp3) is 0.297. The first-order chi connectivity index (χ1) is 22.8. The fourth-order valence-corrected chi connectivity index (χ4v) is 6.03. The molecule has 1 fully saturated rings. The molecule has 0 saturated carbocycles. The second-order valence-corrected chi connectivity index (χ2v) is 12.7. The first kappa shape index (κ1) is 34.2. The molecule has 2 N–H and O–H groups in total. The van der Waals surface area contributed by atoms with Crippen LogP contribution in [0.1, 0.15) is 72.9 Å². The maximum Gasteiger partial charge on any atom is 0.411 e. The quantitative estimate of drug-likeness (QED) is 0.211. The van der Waals surface area contributed by atoms with Crippen LogP contribution in [-0.4, -0.2) is 46.5 Å². The summed E-state index contributed by atoms with van der Waals surface area (Å²) in [5, 5.41) is 5.42. The van der Waals surface area contributed by atoms with Crippen molar-refractivity contribution in [3.63, 3.8) is 0 Å². The summed E-state index contributed by atoms with van der Waals surface area (Å²) < 4.78 is 49.0. The molecule has 0 spiro atoms. The van der Waals surface area contributed by atoms with Crippen LogP contribution in [0.4, 0.5) is 18.0 Å². The molecule has 0 radical (unpaired) electrons. The van der Waals surface area contributed by atoms with E-state index in [4.69, 9.17) is 4.74 Å². The van der Waals surface area contributed by atoms with Crippen molar-refractivity contribution in [3.05, 3.63) is 125 Å². The first-order valence-corrected chi connectivity index (χ1v) is 15.6. The van der Waals surface area contributed by atoms with Crippen LogP contribution in [0.25, 0.3) is 11.1 Å². The average Bonchev–Trinajstić information content (AvgIpc) is 3.49. The van der Waals surface area contributed by atoms with Crippen molar-refractivity contribution in [1.29, 1.82) is 0 Å². The molecular formula is C37H37F3N4O4. The van der Waals surface area contributed by atoms with Gasteiger partial charge in [-0.05, 0) is 87.1 Å². The number of pyridine rings is 1. The molecule has 3 aromatic carbocycles. The van der Waals surface area contributed by atoms with E-state index in [1.165, 1.54) is 42.4 Å². The van der Waals surface area contributed by atoms with Gasteiger partial charge in [0, 0.05) is 24.9 Å². The molecular weight excluding hydrogens is 621 g/mol. The second kappa shape index (κ2) is 14.3. The van der Waals surface area contributed by atoms with Gasteiger partial charge in [0.1, 0.15) is 29.1 Å². The van der Waals surface area contributed by atoms with Crippen LogP contribution in [0.3, 0.4) is 0 Å². The van der Waals surface area contributed by atoms with E-state index in [1.807, 2.05) is 30.3 Å². The van der Waals surface area contributed by atoms with Gasteiger partial charge in [-0.1, -0.05) is 42.5 Å². The highest BCUT2D eigenvalue weighted by atomic mass is 19.1. The largest absolute Gasteiger partial charge is 0.444 e. The number of hydrogen-bond acceptors (Lipinski definition) is 5. The minimum absolute atomic E-state index is 0.0742. The smallest absolute Gasteiger partial charge is 0.411 e. The molecule has 4 aromatic rings. The zero-order valence-electron chi connectivity index (χ0n) is 27.1. The van der Waals surface area contributed by atoms with Crippen molar-refractivity contribution in [2.45, 2.75) is 63.8 Å². The van der Waals surface area contributed by atoms with Crippen LogP contribution in [0.5, 0.6) is 0 Å². The fourth-order valence-electron chi connectivity index (χ4n) is 6.03. The van der Waals surface area contributed by atoms with Gasteiger partial charge in [0.2, 0.25) is 5.91 Å². The van der Waals surface area contributed by atoms with E-state index in [1.54, 1.807) is 32.9 Å². The molecule has 3 amide bonds. The Labute approximate surface area is 277 Å². The van der Waals surface area contributed by atoms with Gasteiger partial charge in [0.15, 0.2) is 0 Å². The van der Waals surface area contributed by atoms with E-state index in [2.05, 4.69) is 15.6 Å². The van der Waals surface area contributed by atoms with Crippen LogP contribution in [0, 0.1) is 17.5 Å². The number of carbonyl (C=O) groups is 3. The van der Waals surface area contributed by atoms with E-state index < -0.39 is 59.1 Å². The third kappa shape index (κ3) is 7.84. The maximum absolute atomic E-state index is 14.6. The lowest BCUT2D eigenvalue weighted by molar-refractivity contribution is -0.126. The molecule has 5 rings (SSSR count). The number of aromatic nitrogens is 1. The van der Waals surface area contributed by atoms with Crippen LogP contribution < -0.4 is 10.6 Å². The van der Waals surface area contributed by atoms with Crippen LogP contribution in [-0.2, 0) is 16.0 Å². The molecule has 1 aliphatic heterocycles. The van der Waals surface area contributed by atoms with E-state index in [-0.39, 0.29) is 17.5 Å². The Hall–Kier alpha value is -5.19. The van der Waals surface area contributed by atoms with Crippen LogP contribution >= 0.6 is 0 Å². The van der Waals surface area contributed by atoms with Crippen molar-refractivity contribution < 1.29 is 32.3 Å². The maximum atomic E-state index is 14.6. The number of rotatable bonds is 8. The van der Waals surface area contributed by atoms with E-state index >= 15 is 0 Å². The highest BCUT2D eigenvalue weighted by Crippen LogP contribution is 2.38. The molecule has 2 heterocycles. The van der Waals surface area contributed by atoms with E-state index in [9.17, 15) is 27.6 Å². The average molecular weight is 659 g/mol. The van der Waals surface area contributed by atoms with Gasteiger partial charge in [-0.25, -0.2) is 18.0 Å². The highest BCUT2D eigenvalue weighted by molar-refractivity contribution is 5.95. The number of likely N-dealkylation sites (tertiary alicyclic amines) is 1. The number of ether oxygens (including phenoxy) is 1. The summed E-state index contributed by atoms with van der Waals surface area (Å²) in [6.45, 7) is 5.24. The molecule has 8 nitrogen and oxygen atoms in total. The van der Waals surface area contributed by atoms with Crippen molar-refractivity contribution in [1.82, 2.24) is 20.5 Å². The van der Waals surface area contributed by atoms with Crippen LogP contribution in [0.2, 0.25) is 0 Å². The number of benzene rings is 3. The molecule has 1 aliphatic rings. The minimum atomic E-state index is -0.959. The predicted octanol–water partition coefficient (Wildman–Crippen LogP) is 7.07. The van der Waals surface area contributed by atoms with Crippen molar-refractivity contribution in [2.24, 2.45) is 0 Å². The van der Waals surface area contributed by atoms with Crippen LogP contribution in [0.15, 0.2) is 85.1 Å². The Morgan fingerprint density at radius 2 is 1.65 bits per heavy atom. The lowest BCUT2D eigenvalue weighted by atomic mass is 9.94. The van der Waals surface area contributed by atoms with E-state index in [0.29, 0.717) is 29.7 Å². The normalized spacial score (nSPS) is 16.7. The molecule has 0 unspecified atom stereocenters. The third-order valence-corrected chi connectivity index (χ3v) is 8.07. The summed E-state index contributed by atoms with van der Waals surface area (Å²) in [6.07, 6.45) is 1.60. The summed E-state index contributed by atoms with van der Waals surface area (Å²) in [6, 6.07) is 17.5. The summed E-state index contributed by atoms with van der Waals surface area (Å²) in [5.74, 6) is -3.44. The van der Waals surface area contributed by atoms with Crippen molar-refractivity contribution >= 4 is 17.9 Å². The van der Waals surface area contributed by atoms with Gasteiger partial charge >= 0.3 is 6.09 Å². The topological polar surface area (TPSA) is 101 Å². The number of hydrogen-bond donors (Lipinski definition) is 2. The van der Waals surface area contributed by atoms with E-state index in [0.717, 1.165) is 17.7 Å². The Morgan fingerprint density at radius 1 is 0.938 bits per heavy atom. The van der Waals surface area contributed by atoms with Gasteiger partial charge in [-0.2, -0.15) is 0 Å². The molecule has 0 bridgehead atoms. The van der Waals surface area contributed by atoms with Gasteiger partial charge in [-0.15, -0.1) is 0 Å². The molecule has 3 atom stereocenters. The Balaban J connectivity index is 1.55. The molecule has 11 heteroatoms. The number of nitrogens with one attached hydrogen (secondary N) is 2. The monoisotopic (exact) mass is 658 g/mol. The Bertz CT molecular complexity index is 1790. The Morgan fingerprint density at radius 3 is 2.31 bits per heavy atom. The van der Waals surface area contributed by atoms with Crippen molar-refractivity contribution in [3.8, 4) is 11.1 Å². The highest BCUT2D eigenvalue weighted by Gasteiger charge is 2.44. The number of nitrogens with zero attached hydrogens (tertiary/aromatic N) is 2. The summed E-state index contributed by atoms with van der Waals surface area (Å²) >= 11 is 0. The standard InChI is InChI=1S/C37H37F3N4O4/c1-37(2,3)48-36(47)44-31(23-9-6-5-7-10-23)14-15-32(44)35(46)43-30(19-22-17-25(38)21-26(39)18-22)33-27(11-8-16-42-33)24-12-13-29(40)28(20-24)34(45)41-4/h5-13,16-18,20-21,30-32H,14-15,19H2,1-4H3,(H,41,45)(H,43,46)/t30-,31-,32+/m0/s1. The lowest BCUT2D eigenvalue weighted by Gasteiger charge is -2.33. The molecule has 48 heavy (non-hydrogen) atoms. The Kier molecular flexibility index (Phi) is 10.2. The number of halogens is 3. The predicted molar refractivity (Wildman–Crippen MR) is 174 cm³/mol. The van der Waals surface area contributed by atoms with Gasteiger partial charge < -0.3 is 15.4 Å². The summed E-state index contributed by atoms with van der Waals surface area (Å²) in [4.78, 5) is 46.3. The third-order valence-electron chi connectivity index (χ3n) is 8.07. The molecule has 250 valence electrons. The zero-order valence-corrected chi connectivity index (χ0v) is 27.1. The second-order valence-electron chi connectivity index (χ2n) is 12.7. The summed E-state index contributed by atoms with van der Waals surface area (Å²) in [5.41, 5.74) is 1.29. The minimum Gasteiger partial charge on any atom is -0.444 e. The van der Waals surface area contributed by atoms with Gasteiger partial charge in [0.05, 0.1) is 23.3 Å². The number of carbonyl (C=O) groups excluding carboxylic acids is 3. The van der Waals surface area contributed by atoms with Crippen molar-refractivity contribution in [2.75, 3.05) is 7.05 Å². The molecule has 0 aliphatic carbocycles. The lowest BCUT2D eigenvalue weighted by Crippen LogP contribution is -2.49. The molecule has 1 saturated heterocycles. The zero-order chi connectivity index (χ0) is 34.6. The molecule has 1 aromatic heterocycles. The summed E-state index contributed by atoms with van der Waals surface area (Å²) in [7, 11) is 1.39. The SMILES string of the molecule is CNC(=O)c1cc(-c2cccnc2[C@H](Cc2cc(F)cc(F)c2)NC(=O)[C@H]2CC[C@@H](c3ccccc3)N2C(=O)OC(C)(C)C)ccc1F.